The van der Waals surface area contributed by atoms with Gasteiger partial charge in [0.05, 0.1) is 6.33 Å². The molecule has 6 nitrogen and oxygen atoms in total. The number of anilines is 1. The first kappa shape index (κ1) is 12.9. The Morgan fingerprint density at radius 3 is 2.79 bits per heavy atom. The monoisotopic (exact) mass is 284 g/mol. The minimum absolute atomic E-state index is 0.0583. The van der Waals surface area contributed by atoms with Crippen LogP contribution in [-0.2, 0) is 17.1 Å². The Balaban J connectivity index is 1.69. The summed E-state index contributed by atoms with van der Waals surface area (Å²) in [5.41, 5.74) is 5.62. The fourth-order valence-electron chi connectivity index (χ4n) is 3.68. The van der Waals surface area contributed by atoms with Crippen molar-refractivity contribution in [2.75, 3.05) is 12.3 Å². The van der Waals surface area contributed by atoms with E-state index in [2.05, 4.69) is 9.71 Å². The van der Waals surface area contributed by atoms with Crippen molar-refractivity contribution in [3.05, 3.63) is 6.33 Å². The van der Waals surface area contributed by atoms with Crippen LogP contribution in [0, 0.1) is 17.8 Å². The summed E-state index contributed by atoms with van der Waals surface area (Å²) in [7, 11) is -1.92. The maximum atomic E-state index is 12.2. The Kier molecular flexibility index (Phi) is 3.05. The zero-order valence-corrected chi connectivity index (χ0v) is 11.9. The Morgan fingerprint density at radius 1 is 1.47 bits per heavy atom. The molecule has 1 aromatic heterocycles. The van der Waals surface area contributed by atoms with Crippen LogP contribution in [0.4, 0.5) is 5.82 Å². The molecule has 3 rings (SSSR count). The molecular formula is C12H20N4O2S. The molecule has 0 amide bonds. The third-order valence-corrected chi connectivity index (χ3v) is 6.14. The molecule has 2 aliphatic carbocycles. The van der Waals surface area contributed by atoms with Crippen molar-refractivity contribution in [3.63, 3.8) is 0 Å². The molecule has 0 saturated heterocycles. The highest BCUT2D eigenvalue weighted by atomic mass is 32.2. The minimum Gasteiger partial charge on any atom is -0.381 e. The van der Waals surface area contributed by atoms with Crippen LogP contribution in [0.5, 0.6) is 0 Å². The van der Waals surface area contributed by atoms with E-state index in [-0.39, 0.29) is 10.8 Å². The van der Waals surface area contributed by atoms with E-state index in [1.807, 2.05) is 0 Å². The first-order valence-electron chi connectivity index (χ1n) is 6.74. The van der Waals surface area contributed by atoms with E-state index in [0.29, 0.717) is 18.4 Å². The summed E-state index contributed by atoms with van der Waals surface area (Å²) in [5, 5.41) is 0.0654. The van der Waals surface area contributed by atoms with Crippen LogP contribution < -0.4 is 10.5 Å². The SMILES string of the molecule is Cn1cnc(N)c1S(=O)(=O)NCC1CC2CCC1C2. The first-order chi connectivity index (χ1) is 8.97. The molecule has 0 spiro atoms. The van der Waals surface area contributed by atoms with Gasteiger partial charge in [0.2, 0.25) is 0 Å². The fourth-order valence-corrected chi connectivity index (χ4v) is 5.00. The number of nitrogens with two attached hydrogens (primary N) is 1. The Labute approximate surface area is 113 Å². The van der Waals surface area contributed by atoms with Crippen LogP contribution in [0.25, 0.3) is 0 Å². The van der Waals surface area contributed by atoms with Crippen LogP contribution >= 0.6 is 0 Å². The van der Waals surface area contributed by atoms with Crippen molar-refractivity contribution in [1.82, 2.24) is 14.3 Å². The molecule has 7 heteroatoms. The number of rotatable bonds is 4. The number of nitrogens with one attached hydrogen (secondary N) is 1. The van der Waals surface area contributed by atoms with Crippen molar-refractivity contribution in [3.8, 4) is 0 Å². The second kappa shape index (κ2) is 4.49. The van der Waals surface area contributed by atoms with Crippen molar-refractivity contribution in [1.29, 1.82) is 0 Å². The van der Waals surface area contributed by atoms with Crippen LogP contribution in [0.3, 0.4) is 0 Å². The largest absolute Gasteiger partial charge is 0.381 e. The van der Waals surface area contributed by atoms with Crippen molar-refractivity contribution in [2.45, 2.75) is 30.7 Å². The molecule has 0 aliphatic heterocycles. The van der Waals surface area contributed by atoms with Crippen molar-refractivity contribution >= 4 is 15.8 Å². The number of nitrogens with zero attached hydrogens (tertiary/aromatic N) is 2. The normalized spacial score (nSPS) is 30.1. The number of fused-ring (bicyclic) bond motifs is 2. The predicted octanol–water partition coefficient (Wildman–Crippen LogP) is 0.717. The molecule has 3 N–H and O–H groups in total. The Morgan fingerprint density at radius 2 is 2.26 bits per heavy atom. The third-order valence-electron chi connectivity index (χ3n) is 4.58. The van der Waals surface area contributed by atoms with Crippen LogP contribution in [0.15, 0.2) is 11.4 Å². The maximum absolute atomic E-state index is 12.2. The average molecular weight is 284 g/mol. The number of imidazole rings is 1. The summed E-state index contributed by atoms with van der Waals surface area (Å²) in [6.07, 6.45) is 6.43. The van der Waals surface area contributed by atoms with Gasteiger partial charge in [-0.05, 0) is 37.0 Å². The molecule has 1 heterocycles. The summed E-state index contributed by atoms with van der Waals surface area (Å²) >= 11 is 0. The molecule has 2 bridgehead atoms. The highest BCUT2D eigenvalue weighted by Crippen LogP contribution is 2.48. The summed E-state index contributed by atoms with van der Waals surface area (Å²) in [6, 6.07) is 0. The number of nitrogen functional groups attached to an aromatic ring is 1. The zero-order valence-electron chi connectivity index (χ0n) is 11.0. The summed E-state index contributed by atoms with van der Waals surface area (Å²) in [6.45, 7) is 0.522. The quantitative estimate of drug-likeness (QED) is 0.852. The van der Waals surface area contributed by atoms with E-state index >= 15 is 0 Å². The second-order valence-electron chi connectivity index (χ2n) is 5.83. The van der Waals surface area contributed by atoms with Crippen molar-refractivity contribution < 1.29 is 8.42 Å². The lowest BCUT2D eigenvalue weighted by Crippen LogP contribution is -2.33. The number of sulfonamides is 1. The van der Waals surface area contributed by atoms with E-state index in [1.54, 1.807) is 7.05 Å². The smallest absolute Gasteiger partial charge is 0.260 e. The molecule has 0 aromatic carbocycles. The van der Waals surface area contributed by atoms with Gasteiger partial charge in [-0.2, -0.15) is 0 Å². The van der Waals surface area contributed by atoms with Gasteiger partial charge in [-0.15, -0.1) is 0 Å². The third kappa shape index (κ3) is 2.25. The standard InChI is InChI=1S/C12H20N4O2S/c1-16-7-14-11(13)12(16)19(17,18)15-6-10-5-8-2-3-9(10)4-8/h7-10,15H,2-6,13H2,1H3. The zero-order chi connectivity index (χ0) is 13.6. The number of hydrogen-bond acceptors (Lipinski definition) is 4. The van der Waals surface area contributed by atoms with E-state index in [1.165, 1.54) is 30.2 Å². The van der Waals surface area contributed by atoms with Crippen LogP contribution in [-0.4, -0.2) is 24.5 Å². The van der Waals surface area contributed by atoms with Gasteiger partial charge in [-0.1, -0.05) is 6.42 Å². The number of hydrogen-bond donors (Lipinski definition) is 2. The minimum atomic E-state index is -3.56. The topological polar surface area (TPSA) is 90.0 Å². The molecule has 106 valence electrons. The summed E-state index contributed by atoms with van der Waals surface area (Å²) in [5.74, 6) is 2.07. The number of aryl methyl sites for hydroxylation is 1. The summed E-state index contributed by atoms with van der Waals surface area (Å²) in [4.78, 5) is 3.82. The van der Waals surface area contributed by atoms with Gasteiger partial charge in [0, 0.05) is 13.6 Å². The van der Waals surface area contributed by atoms with Gasteiger partial charge in [-0.3, -0.25) is 0 Å². The molecule has 19 heavy (non-hydrogen) atoms. The molecule has 2 fully saturated rings. The first-order valence-corrected chi connectivity index (χ1v) is 8.22. The van der Waals surface area contributed by atoms with Gasteiger partial charge < -0.3 is 10.3 Å². The van der Waals surface area contributed by atoms with E-state index < -0.39 is 10.0 Å². The van der Waals surface area contributed by atoms with Gasteiger partial charge >= 0.3 is 0 Å². The molecular weight excluding hydrogens is 264 g/mol. The van der Waals surface area contributed by atoms with E-state index in [0.717, 1.165) is 12.3 Å². The van der Waals surface area contributed by atoms with E-state index in [9.17, 15) is 8.42 Å². The highest BCUT2D eigenvalue weighted by Gasteiger charge is 2.39. The van der Waals surface area contributed by atoms with E-state index in [4.69, 9.17) is 5.73 Å². The van der Waals surface area contributed by atoms with Crippen LogP contribution in [0.1, 0.15) is 25.7 Å². The lowest BCUT2D eigenvalue weighted by atomic mass is 9.89. The molecule has 2 aliphatic rings. The fraction of sp³-hybridized carbons (Fsp3) is 0.750. The van der Waals surface area contributed by atoms with Gasteiger partial charge in [0.15, 0.2) is 10.8 Å². The highest BCUT2D eigenvalue weighted by molar-refractivity contribution is 7.89. The molecule has 3 atom stereocenters. The Bertz CT molecular complexity index is 561. The number of aromatic nitrogens is 2. The Hall–Kier alpha value is -1.08. The average Bonchev–Trinajstić information content (AvgIpc) is 3.02. The molecule has 0 radical (unpaired) electrons. The van der Waals surface area contributed by atoms with Gasteiger partial charge in [0.1, 0.15) is 0 Å². The molecule has 2 saturated carbocycles. The summed E-state index contributed by atoms with van der Waals surface area (Å²) < 4.78 is 28.6. The van der Waals surface area contributed by atoms with Crippen LogP contribution in [0.2, 0.25) is 0 Å². The lowest BCUT2D eigenvalue weighted by Gasteiger charge is -2.21. The molecule has 3 unspecified atom stereocenters. The van der Waals surface area contributed by atoms with Crippen molar-refractivity contribution in [2.24, 2.45) is 24.8 Å². The predicted molar refractivity (Wildman–Crippen MR) is 71.7 cm³/mol. The van der Waals surface area contributed by atoms with Gasteiger partial charge in [0.25, 0.3) is 10.0 Å². The molecule has 1 aromatic rings. The maximum Gasteiger partial charge on any atom is 0.260 e. The second-order valence-corrected chi connectivity index (χ2v) is 7.51. The van der Waals surface area contributed by atoms with Gasteiger partial charge in [-0.25, -0.2) is 18.1 Å². The lowest BCUT2D eigenvalue weighted by molar-refractivity contribution is 0.332.